The van der Waals surface area contributed by atoms with E-state index in [1.54, 1.807) is 28.8 Å². The number of para-hydroxylation sites is 1. The van der Waals surface area contributed by atoms with Gasteiger partial charge >= 0.3 is 0 Å². The molecule has 0 radical (unpaired) electrons. The van der Waals surface area contributed by atoms with E-state index in [4.69, 9.17) is 5.73 Å². The van der Waals surface area contributed by atoms with E-state index < -0.39 is 0 Å². The van der Waals surface area contributed by atoms with Crippen LogP contribution in [0.2, 0.25) is 0 Å². The summed E-state index contributed by atoms with van der Waals surface area (Å²) >= 11 is 0. The molecule has 1 aliphatic rings. The standard InChI is InChI=1S/C20H20N4O2.ClH/c1-23-17-10-6-5-9-14(17)19(25)18(22-23)20(26)24-11-15(16(21)12-24)13-7-3-2-4-8-13;/h2-10,15-16H,11-12,21H2,1H3;1H/t15-,16+;/m0./s1. The van der Waals surface area contributed by atoms with Crippen LogP contribution in [0.25, 0.3) is 10.9 Å². The normalized spacial score (nSPS) is 19.1. The highest BCUT2D eigenvalue weighted by Crippen LogP contribution is 2.27. The molecule has 1 amide bonds. The number of halogens is 1. The molecular weight excluding hydrogens is 364 g/mol. The number of carbonyl (C=O) groups is 1. The lowest BCUT2D eigenvalue weighted by molar-refractivity contribution is 0.0780. The highest BCUT2D eigenvalue weighted by Gasteiger charge is 2.35. The number of carbonyl (C=O) groups excluding carboxylic acids is 1. The zero-order chi connectivity index (χ0) is 18.3. The van der Waals surface area contributed by atoms with Crippen molar-refractivity contribution in [1.82, 2.24) is 14.7 Å². The first-order valence-corrected chi connectivity index (χ1v) is 8.62. The first-order valence-electron chi connectivity index (χ1n) is 8.62. The molecule has 4 rings (SSSR count). The Labute approximate surface area is 163 Å². The van der Waals surface area contributed by atoms with E-state index in [0.717, 1.165) is 5.56 Å². The Bertz CT molecular complexity index is 1040. The Hall–Kier alpha value is -2.70. The zero-order valence-electron chi connectivity index (χ0n) is 14.9. The van der Waals surface area contributed by atoms with Crippen LogP contribution in [0.15, 0.2) is 59.4 Å². The average Bonchev–Trinajstić information content (AvgIpc) is 3.06. The molecule has 27 heavy (non-hydrogen) atoms. The van der Waals surface area contributed by atoms with E-state index in [0.29, 0.717) is 24.0 Å². The summed E-state index contributed by atoms with van der Waals surface area (Å²) in [5.74, 6) is -0.297. The van der Waals surface area contributed by atoms with Crippen molar-refractivity contribution in [3.8, 4) is 0 Å². The summed E-state index contributed by atoms with van der Waals surface area (Å²) in [4.78, 5) is 27.4. The van der Waals surface area contributed by atoms with Gasteiger partial charge in [0.1, 0.15) is 0 Å². The number of aryl methyl sites for hydroxylation is 1. The van der Waals surface area contributed by atoms with E-state index in [-0.39, 0.29) is 41.4 Å². The number of hydrogen-bond acceptors (Lipinski definition) is 4. The monoisotopic (exact) mass is 384 g/mol. The van der Waals surface area contributed by atoms with Gasteiger partial charge in [0, 0.05) is 37.5 Å². The lowest BCUT2D eigenvalue weighted by atomic mass is 9.95. The minimum Gasteiger partial charge on any atom is -0.335 e. The van der Waals surface area contributed by atoms with Gasteiger partial charge in [-0.25, -0.2) is 0 Å². The molecule has 1 fully saturated rings. The molecule has 0 aliphatic carbocycles. The maximum absolute atomic E-state index is 13.0. The fourth-order valence-electron chi connectivity index (χ4n) is 3.66. The van der Waals surface area contributed by atoms with Gasteiger partial charge in [0.25, 0.3) is 5.91 Å². The van der Waals surface area contributed by atoms with E-state index in [2.05, 4.69) is 5.10 Å². The van der Waals surface area contributed by atoms with E-state index in [1.807, 2.05) is 42.5 Å². The molecule has 2 aromatic carbocycles. The van der Waals surface area contributed by atoms with Crippen LogP contribution in [0.5, 0.6) is 0 Å². The molecule has 0 spiro atoms. The number of nitrogens with two attached hydrogens (primary N) is 1. The van der Waals surface area contributed by atoms with Gasteiger partial charge in [-0.1, -0.05) is 42.5 Å². The lowest BCUT2D eigenvalue weighted by Gasteiger charge is -2.16. The van der Waals surface area contributed by atoms with Crippen LogP contribution >= 0.6 is 12.4 Å². The minimum absolute atomic E-state index is 0. The van der Waals surface area contributed by atoms with E-state index >= 15 is 0 Å². The highest BCUT2D eigenvalue weighted by molar-refractivity contribution is 5.95. The Morgan fingerprint density at radius 3 is 2.48 bits per heavy atom. The number of likely N-dealkylation sites (tertiary alicyclic amines) is 1. The van der Waals surface area contributed by atoms with Gasteiger partial charge < -0.3 is 10.6 Å². The summed E-state index contributed by atoms with van der Waals surface area (Å²) in [6.45, 7) is 0.901. The fraction of sp³-hybridized carbons (Fsp3) is 0.250. The Morgan fingerprint density at radius 2 is 1.74 bits per heavy atom. The quantitative estimate of drug-likeness (QED) is 0.732. The number of amides is 1. The summed E-state index contributed by atoms with van der Waals surface area (Å²) in [6.07, 6.45) is 0. The smallest absolute Gasteiger partial charge is 0.278 e. The predicted octanol–water partition coefficient (Wildman–Crippen LogP) is 1.92. The zero-order valence-corrected chi connectivity index (χ0v) is 15.7. The van der Waals surface area contributed by atoms with Gasteiger partial charge in [-0.2, -0.15) is 5.10 Å². The van der Waals surface area contributed by atoms with Crippen molar-refractivity contribution in [1.29, 1.82) is 0 Å². The molecule has 1 saturated heterocycles. The van der Waals surface area contributed by atoms with Crippen molar-refractivity contribution in [3.05, 3.63) is 76.1 Å². The van der Waals surface area contributed by atoms with Gasteiger partial charge in [-0.3, -0.25) is 14.3 Å². The van der Waals surface area contributed by atoms with Crippen LogP contribution in [0, 0.1) is 0 Å². The van der Waals surface area contributed by atoms with Crippen molar-refractivity contribution in [2.24, 2.45) is 12.8 Å². The molecule has 0 unspecified atom stereocenters. The molecule has 6 nitrogen and oxygen atoms in total. The maximum atomic E-state index is 13.0. The summed E-state index contributed by atoms with van der Waals surface area (Å²) in [5, 5.41) is 4.74. The predicted molar refractivity (Wildman–Crippen MR) is 107 cm³/mol. The van der Waals surface area contributed by atoms with Gasteiger partial charge in [0.05, 0.1) is 5.52 Å². The largest absolute Gasteiger partial charge is 0.335 e. The second-order valence-corrected chi connectivity index (χ2v) is 6.71. The number of rotatable bonds is 2. The molecule has 2 atom stereocenters. The molecule has 0 bridgehead atoms. The molecule has 7 heteroatoms. The molecule has 1 aromatic heterocycles. The average molecular weight is 385 g/mol. The molecule has 3 aromatic rings. The van der Waals surface area contributed by atoms with Crippen molar-refractivity contribution in [2.75, 3.05) is 13.1 Å². The van der Waals surface area contributed by atoms with Crippen LogP contribution < -0.4 is 11.2 Å². The Balaban J connectivity index is 0.00000210. The Morgan fingerprint density at radius 1 is 1.07 bits per heavy atom. The van der Waals surface area contributed by atoms with Crippen molar-refractivity contribution in [2.45, 2.75) is 12.0 Å². The molecule has 2 heterocycles. The summed E-state index contributed by atoms with van der Waals surface area (Å²) in [5.41, 5.74) is 7.71. The van der Waals surface area contributed by atoms with E-state index in [9.17, 15) is 9.59 Å². The second kappa shape index (κ2) is 7.50. The van der Waals surface area contributed by atoms with Crippen molar-refractivity contribution < 1.29 is 4.79 Å². The maximum Gasteiger partial charge on any atom is 0.278 e. The molecule has 140 valence electrons. The van der Waals surface area contributed by atoms with Gasteiger partial charge in [-0.15, -0.1) is 12.4 Å². The van der Waals surface area contributed by atoms with Crippen LogP contribution in [0.1, 0.15) is 22.0 Å². The SMILES string of the molecule is Cl.Cn1nc(C(=O)N2C[C@@H](N)[C@H](c3ccccc3)C2)c(=O)c2ccccc21. The van der Waals surface area contributed by atoms with Crippen LogP contribution in [-0.4, -0.2) is 39.7 Å². The minimum atomic E-state index is -0.356. The summed E-state index contributed by atoms with van der Waals surface area (Å²) in [6, 6.07) is 16.9. The number of fused-ring (bicyclic) bond motifs is 1. The lowest BCUT2D eigenvalue weighted by Crippen LogP contribution is -2.36. The number of aromatic nitrogens is 2. The first kappa shape index (κ1) is 19.1. The van der Waals surface area contributed by atoms with Crippen LogP contribution in [0.4, 0.5) is 0 Å². The highest BCUT2D eigenvalue weighted by atomic mass is 35.5. The third kappa shape index (κ3) is 3.34. The third-order valence-electron chi connectivity index (χ3n) is 5.05. The Kier molecular flexibility index (Phi) is 5.30. The van der Waals surface area contributed by atoms with Crippen molar-refractivity contribution >= 4 is 29.2 Å². The van der Waals surface area contributed by atoms with Crippen LogP contribution in [0.3, 0.4) is 0 Å². The third-order valence-corrected chi connectivity index (χ3v) is 5.05. The molecular formula is C20H21ClN4O2. The molecule has 1 aliphatic heterocycles. The second-order valence-electron chi connectivity index (χ2n) is 6.71. The number of benzene rings is 2. The molecule has 2 N–H and O–H groups in total. The van der Waals surface area contributed by atoms with Gasteiger partial charge in [0.2, 0.25) is 5.43 Å². The fourth-order valence-corrected chi connectivity index (χ4v) is 3.66. The number of nitrogens with zero attached hydrogens (tertiary/aromatic N) is 3. The topological polar surface area (TPSA) is 81.2 Å². The summed E-state index contributed by atoms with van der Waals surface area (Å²) < 4.78 is 1.58. The van der Waals surface area contributed by atoms with Gasteiger partial charge in [0.15, 0.2) is 5.69 Å². The summed E-state index contributed by atoms with van der Waals surface area (Å²) in [7, 11) is 1.74. The molecule has 0 saturated carbocycles. The van der Waals surface area contributed by atoms with Crippen molar-refractivity contribution in [3.63, 3.8) is 0 Å². The van der Waals surface area contributed by atoms with Crippen LogP contribution in [-0.2, 0) is 7.05 Å². The number of hydrogen-bond donors (Lipinski definition) is 1. The van der Waals surface area contributed by atoms with Gasteiger partial charge in [-0.05, 0) is 17.7 Å². The first-order chi connectivity index (χ1) is 12.6. The van der Waals surface area contributed by atoms with E-state index in [1.165, 1.54) is 0 Å².